The van der Waals surface area contributed by atoms with Gasteiger partial charge in [0, 0.05) is 24.5 Å². The normalized spacial score (nSPS) is 16.4. The molecule has 0 spiro atoms. The van der Waals surface area contributed by atoms with Crippen LogP contribution in [0, 0.1) is 17.8 Å². The van der Waals surface area contributed by atoms with Crippen molar-refractivity contribution in [2.75, 3.05) is 20.2 Å². The number of para-hydroxylation sites is 1. The van der Waals surface area contributed by atoms with E-state index < -0.39 is 66.2 Å². The molecule has 1 aliphatic rings. The summed E-state index contributed by atoms with van der Waals surface area (Å²) in [5, 5.41) is 19.5. The molecule has 0 aliphatic heterocycles. The Morgan fingerprint density at radius 3 is 2.27 bits per heavy atom. The minimum Gasteiger partial charge on any atom is -0.453 e. The number of aliphatic hydroxyl groups excluding tert-OH is 1. The van der Waals surface area contributed by atoms with E-state index in [4.69, 9.17) is 16.2 Å². The number of nitrogens with zero attached hydrogens (tertiary/aromatic N) is 2. The number of Topliss-reactive ketones (excluding diaryl/α,β-unsaturated/α-hetero) is 1. The molecule has 8 N–H and O–H groups in total. The molecule has 52 heavy (non-hydrogen) atoms. The van der Waals surface area contributed by atoms with E-state index in [1.165, 1.54) is 13.2 Å². The van der Waals surface area contributed by atoms with Gasteiger partial charge in [0.1, 0.15) is 11.7 Å². The summed E-state index contributed by atoms with van der Waals surface area (Å²) in [5.41, 5.74) is 16.3. The number of nitrogens with one attached hydrogen (secondary N) is 3. The number of primary amides is 1. The van der Waals surface area contributed by atoms with Gasteiger partial charge in [0.2, 0.25) is 5.91 Å². The van der Waals surface area contributed by atoms with Gasteiger partial charge in [-0.05, 0) is 42.4 Å². The predicted octanol–water partition coefficient (Wildman–Crippen LogP) is 2.75. The number of aliphatic hydroxyl groups is 1. The van der Waals surface area contributed by atoms with Gasteiger partial charge in [0.15, 0.2) is 5.78 Å². The average Bonchev–Trinajstić information content (AvgIpc) is 3.13. The van der Waals surface area contributed by atoms with Crippen LogP contribution in [0.25, 0.3) is 10.9 Å². The lowest BCUT2D eigenvalue weighted by atomic mass is 9.82. The van der Waals surface area contributed by atoms with E-state index in [9.17, 15) is 29.1 Å². The number of ketones is 1. The van der Waals surface area contributed by atoms with Crippen LogP contribution in [0.4, 0.5) is 4.79 Å². The molecule has 0 radical (unpaired) electrons. The van der Waals surface area contributed by atoms with E-state index >= 15 is 0 Å². The fourth-order valence-electron chi connectivity index (χ4n) is 6.70. The number of amides is 4. The van der Waals surface area contributed by atoms with Crippen LogP contribution in [-0.2, 0) is 19.1 Å². The van der Waals surface area contributed by atoms with Gasteiger partial charge in [0.05, 0.1) is 37.1 Å². The van der Waals surface area contributed by atoms with Crippen molar-refractivity contribution >= 4 is 40.5 Å². The highest BCUT2D eigenvalue weighted by atomic mass is 16.5. The fourth-order valence-corrected chi connectivity index (χ4v) is 6.70. The number of benzene rings is 2. The van der Waals surface area contributed by atoms with Crippen molar-refractivity contribution in [1.29, 1.82) is 0 Å². The van der Waals surface area contributed by atoms with Gasteiger partial charge in [-0.25, -0.2) is 14.8 Å². The lowest BCUT2D eigenvalue weighted by Crippen LogP contribution is -2.58. The zero-order valence-electron chi connectivity index (χ0n) is 30.0. The number of ether oxygens (including phenoxy) is 1. The van der Waals surface area contributed by atoms with Gasteiger partial charge in [-0.15, -0.1) is 0 Å². The summed E-state index contributed by atoms with van der Waals surface area (Å²) in [6.07, 6.45) is 2.16. The van der Waals surface area contributed by atoms with E-state index in [-0.39, 0.29) is 24.1 Å². The van der Waals surface area contributed by atoms with Crippen molar-refractivity contribution in [1.82, 2.24) is 26.1 Å². The summed E-state index contributed by atoms with van der Waals surface area (Å²) in [4.78, 5) is 70.4. The van der Waals surface area contributed by atoms with Crippen LogP contribution in [0.1, 0.15) is 74.5 Å². The van der Waals surface area contributed by atoms with Crippen LogP contribution < -0.4 is 27.5 Å². The van der Waals surface area contributed by atoms with Crippen molar-refractivity contribution in [2.45, 2.75) is 76.6 Å². The van der Waals surface area contributed by atoms with Gasteiger partial charge in [-0.2, -0.15) is 0 Å². The molecule has 4 rings (SSSR count). The average molecular weight is 718 g/mol. The first kappa shape index (κ1) is 39.9. The highest BCUT2D eigenvalue weighted by Crippen LogP contribution is 2.28. The van der Waals surface area contributed by atoms with E-state index in [0.717, 1.165) is 37.5 Å². The molecular weight excluding hydrogens is 666 g/mol. The van der Waals surface area contributed by atoms with Gasteiger partial charge in [0.25, 0.3) is 11.8 Å². The molecule has 2 aromatic carbocycles. The van der Waals surface area contributed by atoms with Crippen molar-refractivity contribution < 1.29 is 33.8 Å². The van der Waals surface area contributed by atoms with Crippen molar-refractivity contribution in [3.05, 3.63) is 78.0 Å². The van der Waals surface area contributed by atoms with E-state index in [2.05, 4.69) is 21.0 Å². The number of nitrogens with two attached hydrogens (primary N) is 2. The molecule has 280 valence electrons. The topological polar surface area (TPSA) is 219 Å². The summed E-state index contributed by atoms with van der Waals surface area (Å²) in [6.45, 7) is 3.68. The molecule has 1 fully saturated rings. The molecule has 1 aromatic heterocycles. The van der Waals surface area contributed by atoms with Crippen molar-refractivity contribution in [3.63, 3.8) is 0 Å². The van der Waals surface area contributed by atoms with Crippen LogP contribution in [0.5, 0.6) is 0 Å². The van der Waals surface area contributed by atoms with Crippen molar-refractivity contribution in [2.24, 2.45) is 29.2 Å². The number of hydrazine groups is 1. The third kappa shape index (κ3) is 11.0. The number of hydrogen-bond donors (Lipinski definition) is 6. The molecule has 14 heteroatoms. The Morgan fingerprint density at radius 1 is 0.942 bits per heavy atom. The number of hydrogen-bond acceptors (Lipinski definition) is 10. The van der Waals surface area contributed by atoms with E-state index in [0.29, 0.717) is 17.6 Å². The second-order valence-corrected chi connectivity index (χ2v) is 13.8. The molecule has 2 unspecified atom stereocenters. The molecular formula is C38H51N7O7. The van der Waals surface area contributed by atoms with Crippen LogP contribution in [0.15, 0.2) is 66.7 Å². The summed E-state index contributed by atoms with van der Waals surface area (Å²) in [6, 6.07) is 15.7. The first-order chi connectivity index (χ1) is 24.9. The minimum absolute atomic E-state index is 0.0204. The first-order valence-electron chi connectivity index (χ1n) is 17.7. The Bertz CT molecular complexity index is 1680. The molecule has 0 bridgehead atoms. The highest BCUT2D eigenvalue weighted by Gasteiger charge is 2.40. The Kier molecular flexibility index (Phi) is 14.6. The summed E-state index contributed by atoms with van der Waals surface area (Å²) in [5.74, 6) is -4.28. The molecule has 1 saturated carbocycles. The summed E-state index contributed by atoms with van der Waals surface area (Å²) >= 11 is 0. The molecule has 4 amide bonds. The number of aromatic nitrogens is 1. The fraction of sp³-hybridized carbons (Fsp3) is 0.474. The number of fused-ring (bicyclic) bond motifs is 1. The Labute approximate surface area is 304 Å². The van der Waals surface area contributed by atoms with Gasteiger partial charge >= 0.3 is 6.09 Å². The van der Waals surface area contributed by atoms with Gasteiger partial charge in [-0.3, -0.25) is 24.6 Å². The maximum absolute atomic E-state index is 14.5. The number of carbonyl (C=O) groups excluding carboxylic acids is 5. The first-order valence-corrected chi connectivity index (χ1v) is 17.7. The Morgan fingerprint density at radius 2 is 1.62 bits per heavy atom. The third-order valence-electron chi connectivity index (χ3n) is 9.49. The largest absolute Gasteiger partial charge is 0.453 e. The second kappa shape index (κ2) is 19.1. The monoisotopic (exact) mass is 717 g/mol. The minimum atomic E-state index is -1.50. The number of rotatable bonds is 17. The number of methoxy groups -OCH3 is 1. The smallest absolute Gasteiger partial charge is 0.407 e. The zero-order valence-corrected chi connectivity index (χ0v) is 30.0. The quantitative estimate of drug-likeness (QED) is 0.112. The van der Waals surface area contributed by atoms with Gasteiger partial charge < -0.3 is 31.9 Å². The summed E-state index contributed by atoms with van der Waals surface area (Å²) < 4.78 is 4.72. The lowest BCUT2D eigenvalue weighted by molar-refractivity contribution is -0.134. The maximum atomic E-state index is 14.5. The molecule has 1 aliphatic carbocycles. The lowest BCUT2D eigenvalue weighted by Gasteiger charge is -2.36. The Hall–Kier alpha value is -4.92. The van der Waals surface area contributed by atoms with E-state index in [1.807, 2.05) is 12.1 Å². The number of carbonyl (C=O) groups is 5. The van der Waals surface area contributed by atoms with Crippen LogP contribution in [-0.4, -0.2) is 83.1 Å². The predicted molar refractivity (Wildman–Crippen MR) is 195 cm³/mol. The standard InChI is InChI=1S/C38H51N7O7/c1-23(2)34(43-38(51)52-3)37(50)44-45(21-24-12-6-4-7-13-24)22-30(46)32(33(40)26-15-8-5-9-16-26)35(48)29(20-31(39)47)42-36(49)28-19-18-25-14-10-11-17-27(25)41-28/h5,8-11,14-19,23-24,29-30,32-34,46H,4,6-7,12-13,20-22,40H2,1-3H3,(H2,39,47)(H,42,49)(H,43,51)(H,44,50)/t29-,30-,32?,33?,34-/m0/s1. The molecule has 0 saturated heterocycles. The molecule has 1 heterocycles. The highest BCUT2D eigenvalue weighted by molar-refractivity contribution is 6.00. The van der Waals surface area contributed by atoms with Crippen LogP contribution in [0.3, 0.4) is 0 Å². The van der Waals surface area contributed by atoms with Crippen LogP contribution in [0.2, 0.25) is 0 Å². The van der Waals surface area contributed by atoms with Crippen LogP contribution >= 0.6 is 0 Å². The number of pyridine rings is 1. The zero-order chi connectivity index (χ0) is 37.8. The van der Waals surface area contributed by atoms with Gasteiger partial charge in [-0.1, -0.05) is 87.7 Å². The molecule has 3 aromatic rings. The third-order valence-corrected chi connectivity index (χ3v) is 9.49. The second-order valence-electron chi connectivity index (χ2n) is 13.8. The SMILES string of the molecule is COC(=O)N[C@H](C(=O)NN(CC1CCCCC1)C[C@H](O)C(C(=O)[C@H](CC(N)=O)NC(=O)c1ccc2ccccc2n1)C(N)c1ccccc1)C(C)C. The summed E-state index contributed by atoms with van der Waals surface area (Å²) in [7, 11) is 1.20. The number of alkyl carbamates (subject to hydrolysis) is 1. The Balaban J connectivity index is 1.65. The van der Waals surface area contributed by atoms with Crippen molar-refractivity contribution in [3.8, 4) is 0 Å². The van der Waals surface area contributed by atoms with E-state index in [1.54, 1.807) is 67.4 Å². The maximum Gasteiger partial charge on any atom is 0.407 e. The molecule has 5 atom stereocenters. The molecule has 14 nitrogen and oxygen atoms in total.